The van der Waals surface area contributed by atoms with Gasteiger partial charge < -0.3 is 10.4 Å². The summed E-state index contributed by atoms with van der Waals surface area (Å²) in [4.78, 5) is 35.0. The monoisotopic (exact) mass is 298 g/mol. The first-order valence-corrected chi connectivity index (χ1v) is 6.94. The molecule has 0 aliphatic carbocycles. The third-order valence-corrected chi connectivity index (χ3v) is 3.84. The number of carbonyl (C=O) groups is 3. The number of carbonyl (C=O) groups excluding carboxylic acids is 2. The molecular formula is C13H18N2O4S. The number of aliphatic carboxylic acids is 1. The number of carboxylic acid groups (broad SMARTS) is 1. The van der Waals surface area contributed by atoms with E-state index in [0.717, 1.165) is 10.4 Å². The second kappa shape index (κ2) is 6.51. The number of hydrogen-bond acceptors (Lipinski definition) is 4. The Morgan fingerprint density at radius 1 is 1.35 bits per heavy atom. The second-order valence-corrected chi connectivity index (χ2v) is 6.12. The summed E-state index contributed by atoms with van der Waals surface area (Å²) in [6.07, 6.45) is -0.256. The Hall–Kier alpha value is -1.89. The van der Waals surface area contributed by atoms with Crippen LogP contribution in [-0.2, 0) is 16.1 Å². The highest BCUT2D eigenvalue weighted by Crippen LogP contribution is 2.20. The van der Waals surface area contributed by atoms with E-state index in [0.29, 0.717) is 6.54 Å². The molecule has 1 heterocycles. The van der Waals surface area contributed by atoms with Crippen LogP contribution in [0.2, 0.25) is 0 Å². The summed E-state index contributed by atoms with van der Waals surface area (Å²) in [5.74, 6) is -1.69. The van der Waals surface area contributed by atoms with Gasteiger partial charge in [0.05, 0.1) is 12.0 Å². The Labute approximate surface area is 121 Å². The van der Waals surface area contributed by atoms with E-state index >= 15 is 0 Å². The van der Waals surface area contributed by atoms with Crippen molar-refractivity contribution in [1.29, 1.82) is 0 Å². The Balaban J connectivity index is 2.41. The molecule has 0 unspecified atom stereocenters. The minimum atomic E-state index is -1.20. The molecule has 0 aliphatic heterocycles. The highest BCUT2D eigenvalue weighted by atomic mass is 32.1. The predicted octanol–water partition coefficient (Wildman–Crippen LogP) is 1.88. The summed E-state index contributed by atoms with van der Waals surface area (Å²) in [5, 5.41) is 15.5. The van der Waals surface area contributed by atoms with Gasteiger partial charge in [0, 0.05) is 11.3 Å². The highest BCUT2D eigenvalue weighted by molar-refractivity contribution is 7.10. The van der Waals surface area contributed by atoms with E-state index < -0.39 is 23.3 Å². The molecule has 3 amide bonds. The van der Waals surface area contributed by atoms with Crippen LogP contribution in [0.4, 0.5) is 4.79 Å². The van der Waals surface area contributed by atoms with Gasteiger partial charge >= 0.3 is 12.0 Å². The number of amides is 3. The van der Waals surface area contributed by atoms with Gasteiger partial charge in [0.15, 0.2) is 0 Å². The van der Waals surface area contributed by atoms with Crippen molar-refractivity contribution in [2.45, 2.75) is 33.7 Å². The second-order valence-electron chi connectivity index (χ2n) is 5.12. The van der Waals surface area contributed by atoms with Crippen LogP contribution < -0.4 is 10.6 Å². The molecule has 20 heavy (non-hydrogen) atoms. The lowest BCUT2D eigenvalue weighted by molar-refractivity contribution is -0.149. The standard InChI is InChI=1S/C13H18N2O4S/c1-8-4-5-20-9(8)7-14-12(19)15-10(16)6-13(2,3)11(17)18/h4-5H,6-7H2,1-3H3,(H,17,18)(H2,14,15,16,19). The molecule has 1 aromatic heterocycles. The first-order valence-electron chi connectivity index (χ1n) is 6.06. The maximum absolute atomic E-state index is 11.6. The fraction of sp³-hybridized carbons (Fsp3) is 0.462. The molecule has 0 atom stereocenters. The van der Waals surface area contributed by atoms with Crippen molar-refractivity contribution in [2.75, 3.05) is 0 Å². The molecule has 0 spiro atoms. The number of thiophene rings is 1. The van der Waals surface area contributed by atoms with Crippen molar-refractivity contribution in [2.24, 2.45) is 5.41 Å². The zero-order valence-electron chi connectivity index (χ0n) is 11.6. The molecule has 7 heteroatoms. The lowest BCUT2D eigenvalue weighted by Gasteiger charge is -2.17. The van der Waals surface area contributed by atoms with Crippen LogP contribution in [0.15, 0.2) is 11.4 Å². The summed E-state index contributed by atoms with van der Waals surface area (Å²) < 4.78 is 0. The summed E-state index contributed by atoms with van der Waals surface area (Å²) >= 11 is 1.52. The highest BCUT2D eigenvalue weighted by Gasteiger charge is 2.30. The molecule has 0 fully saturated rings. The van der Waals surface area contributed by atoms with Crippen molar-refractivity contribution in [3.8, 4) is 0 Å². The lowest BCUT2D eigenvalue weighted by Crippen LogP contribution is -2.41. The third kappa shape index (κ3) is 4.65. The molecule has 0 aliphatic rings. The molecule has 0 bridgehead atoms. The summed E-state index contributed by atoms with van der Waals surface area (Å²) in [6, 6.07) is 1.32. The quantitative estimate of drug-likeness (QED) is 0.773. The average Bonchev–Trinajstić information content (AvgIpc) is 2.71. The zero-order valence-corrected chi connectivity index (χ0v) is 12.5. The van der Waals surface area contributed by atoms with Crippen LogP contribution in [0.3, 0.4) is 0 Å². The zero-order chi connectivity index (χ0) is 15.3. The molecule has 0 aromatic carbocycles. The van der Waals surface area contributed by atoms with Crippen LogP contribution in [0.1, 0.15) is 30.7 Å². The van der Waals surface area contributed by atoms with Gasteiger partial charge in [-0.25, -0.2) is 4.79 Å². The first kappa shape index (κ1) is 16.2. The van der Waals surface area contributed by atoms with Crippen molar-refractivity contribution < 1.29 is 19.5 Å². The van der Waals surface area contributed by atoms with Gasteiger partial charge in [-0.15, -0.1) is 11.3 Å². The molecule has 0 saturated carbocycles. The minimum Gasteiger partial charge on any atom is -0.481 e. The molecular weight excluding hydrogens is 280 g/mol. The number of carboxylic acids is 1. The number of imide groups is 1. The van der Waals surface area contributed by atoms with Crippen LogP contribution in [-0.4, -0.2) is 23.0 Å². The van der Waals surface area contributed by atoms with Gasteiger partial charge in [0.25, 0.3) is 0 Å². The Morgan fingerprint density at radius 2 is 2.00 bits per heavy atom. The van der Waals surface area contributed by atoms with E-state index in [1.165, 1.54) is 25.2 Å². The minimum absolute atomic E-state index is 0.256. The van der Waals surface area contributed by atoms with Gasteiger partial charge in [-0.05, 0) is 37.8 Å². The Morgan fingerprint density at radius 3 is 2.50 bits per heavy atom. The van der Waals surface area contributed by atoms with E-state index in [1.54, 1.807) is 0 Å². The summed E-state index contributed by atoms with van der Waals surface area (Å²) in [5.41, 5.74) is -0.122. The van der Waals surface area contributed by atoms with Crippen molar-refractivity contribution in [1.82, 2.24) is 10.6 Å². The summed E-state index contributed by atoms with van der Waals surface area (Å²) in [6.45, 7) is 5.14. The molecule has 110 valence electrons. The SMILES string of the molecule is Cc1ccsc1CNC(=O)NC(=O)CC(C)(C)C(=O)O. The van der Waals surface area contributed by atoms with Crippen molar-refractivity contribution in [3.05, 3.63) is 21.9 Å². The van der Waals surface area contributed by atoms with Gasteiger partial charge in [-0.2, -0.15) is 0 Å². The number of hydrogen-bond donors (Lipinski definition) is 3. The largest absolute Gasteiger partial charge is 0.481 e. The summed E-state index contributed by atoms with van der Waals surface area (Å²) in [7, 11) is 0. The molecule has 0 saturated heterocycles. The van der Waals surface area contributed by atoms with Crippen molar-refractivity contribution in [3.63, 3.8) is 0 Å². The van der Waals surface area contributed by atoms with Crippen LogP contribution >= 0.6 is 11.3 Å². The van der Waals surface area contributed by atoms with Gasteiger partial charge in [0.1, 0.15) is 0 Å². The van der Waals surface area contributed by atoms with E-state index in [9.17, 15) is 14.4 Å². The van der Waals surface area contributed by atoms with Gasteiger partial charge in [-0.1, -0.05) is 0 Å². The third-order valence-electron chi connectivity index (χ3n) is 2.81. The Bertz CT molecular complexity index is 522. The molecule has 1 rings (SSSR count). The fourth-order valence-corrected chi connectivity index (χ4v) is 2.28. The maximum Gasteiger partial charge on any atom is 0.321 e. The normalized spacial score (nSPS) is 10.9. The van der Waals surface area contributed by atoms with E-state index in [1.807, 2.05) is 18.4 Å². The van der Waals surface area contributed by atoms with Crippen LogP contribution in [0.5, 0.6) is 0 Å². The first-order chi connectivity index (χ1) is 9.22. The fourth-order valence-electron chi connectivity index (χ4n) is 1.44. The van der Waals surface area contributed by atoms with Crippen molar-refractivity contribution >= 4 is 29.2 Å². The number of nitrogens with one attached hydrogen (secondary N) is 2. The molecule has 1 aromatic rings. The predicted molar refractivity (Wildman–Crippen MR) is 75.5 cm³/mol. The van der Waals surface area contributed by atoms with E-state index in [4.69, 9.17) is 5.11 Å². The number of urea groups is 1. The molecule has 0 radical (unpaired) electrons. The molecule has 6 nitrogen and oxygen atoms in total. The molecule has 3 N–H and O–H groups in total. The smallest absolute Gasteiger partial charge is 0.321 e. The van der Waals surface area contributed by atoms with Gasteiger partial charge in [0.2, 0.25) is 5.91 Å². The Kier molecular flexibility index (Phi) is 5.26. The van der Waals surface area contributed by atoms with Crippen LogP contribution in [0.25, 0.3) is 0 Å². The maximum atomic E-state index is 11.6. The van der Waals surface area contributed by atoms with Gasteiger partial charge in [-0.3, -0.25) is 14.9 Å². The van der Waals surface area contributed by atoms with E-state index in [-0.39, 0.29) is 6.42 Å². The lowest BCUT2D eigenvalue weighted by atomic mass is 9.89. The number of rotatable bonds is 5. The van der Waals surface area contributed by atoms with Crippen LogP contribution in [0, 0.1) is 12.3 Å². The number of aryl methyl sites for hydroxylation is 1. The van der Waals surface area contributed by atoms with E-state index in [2.05, 4.69) is 10.6 Å². The average molecular weight is 298 g/mol. The topological polar surface area (TPSA) is 95.5 Å².